The lowest BCUT2D eigenvalue weighted by Crippen LogP contribution is -2.46. The molecule has 2 amide bonds. The second-order valence-electron chi connectivity index (χ2n) is 8.33. The number of unbranched alkanes of at least 4 members (excludes halogenated alkanes) is 1. The first-order chi connectivity index (χ1) is 14.9. The number of hydrogen-bond donors (Lipinski definition) is 0. The largest absolute Gasteiger partial charge is 0.353 e. The van der Waals surface area contributed by atoms with Crippen molar-refractivity contribution in [3.8, 4) is 0 Å². The minimum atomic E-state index is -0.102. The van der Waals surface area contributed by atoms with Crippen molar-refractivity contribution in [2.24, 2.45) is 7.05 Å². The molecular weight excluding hydrogens is 386 g/mol. The SMILES string of the molecule is CCCCN(Cc1cccn1C)C(=O)CN(C(=O)c1cccc2ccccc12)C(C)C. The van der Waals surface area contributed by atoms with E-state index in [1.807, 2.05) is 91.2 Å². The molecule has 31 heavy (non-hydrogen) atoms. The third-order valence-corrected chi connectivity index (χ3v) is 5.75. The number of fused-ring (bicyclic) bond motifs is 1. The molecule has 0 saturated carbocycles. The van der Waals surface area contributed by atoms with Crippen LogP contribution in [0.3, 0.4) is 0 Å². The second kappa shape index (κ2) is 10.3. The summed E-state index contributed by atoms with van der Waals surface area (Å²) in [6, 6.07) is 17.6. The van der Waals surface area contributed by atoms with E-state index in [0.29, 0.717) is 18.7 Å². The van der Waals surface area contributed by atoms with Crippen LogP contribution in [0, 0.1) is 0 Å². The molecule has 0 unspecified atom stereocenters. The predicted molar refractivity (Wildman–Crippen MR) is 126 cm³/mol. The number of amides is 2. The van der Waals surface area contributed by atoms with Gasteiger partial charge in [0.2, 0.25) is 5.91 Å². The molecule has 0 spiro atoms. The lowest BCUT2D eigenvalue weighted by Gasteiger charge is -2.30. The monoisotopic (exact) mass is 419 g/mol. The quantitative estimate of drug-likeness (QED) is 0.497. The molecule has 3 aromatic rings. The summed E-state index contributed by atoms with van der Waals surface area (Å²) < 4.78 is 2.04. The van der Waals surface area contributed by atoms with E-state index in [0.717, 1.165) is 29.3 Å². The number of carbonyl (C=O) groups excluding carboxylic acids is 2. The van der Waals surface area contributed by atoms with E-state index in [2.05, 4.69) is 6.92 Å². The number of benzene rings is 2. The molecule has 164 valence electrons. The molecule has 1 aromatic heterocycles. The molecule has 0 saturated heterocycles. The minimum Gasteiger partial charge on any atom is -0.353 e. The van der Waals surface area contributed by atoms with Gasteiger partial charge in [-0.2, -0.15) is 0 Å². The Hall–Kier alpha value is -3.08. The molecule has 5 nitrogen and oxygen atoms in total. The molecule has 2 aromatic carbocycles. The number of carbonyl (C=O) groups is 2. The Morgan fingerprint density at radius 2 is 1.74 bits per heavy atom. The van der Waals surface area contributed by atoms with E-state index in [9.17, 15) is 9.59 Å². The highest BCUT2D eigenvalue weighted by Gasteiger charge is 2.25. The molecule has 0 aliphatic heterocycles. The molecule has 0 radical (unpaired) electrons. The highest BCUT2D eigenvalue weighted by Crippen LogP contribution is 2.21. The van der Waals surface area contributed by atoms with Crippen LogP contribution >= 0.6 is 0 Å². The van der Waals surface area contributed by atoms with Gasteiger partial charge in [-0.1, -0.05) is 49.7 Å². The van der Waals surface area contributed by atoms with Crippen LogP contribution in [0.4, 0.5) is 0 Å². The fourth-order valence-corrected chi connectivity index (χ4v) is 3.80. The van der Waals surface area contributed by atoms with Crippen molar-refractivity contribution in [2.75, 3.05) is 13.1 Å². The van der Waals surface area contributed by atoms with Crippen molar-refractivity contribution in [1.29, 1.82) is 0 Å². The van der Waals surface area contributed by atoms with Gasteiger partial charge in [0.15, 0.2) is 0 Å². The second-order valence-corrected chi connectivity index (χ2v) is 8.33. The van der Waals surface area contributed by atoms with Crippen molar-refractivity contribution in [3.63, 3.8) is 0 Å². The molecule has 0 N–H and O–H groups in total. The third kappa shape index (κ3) is 5.35. The van der Waals surface area contributed by atoms with Crippen molar-refractivity contribution < 1.29 is 9.59 Å². The maximum Gasteiger partial charge on any atom is 0.255 e. The van der Waals surface area contributed by atoms with Gasteiger partial charge in [-0.15, -0.1) is 0 Å². The maximum atomic E-state index is 13.5. The smallest absolute Gasteiger partial charge is 0.255 e. The maximum absolute atomic E-state index is 13.5. The summed E-state index contributed by atoms with van der Waals surface area (Å²) >= 11 is 0. The predicted octanol–water partition coefficient (Wildman–Crippen LogP) is 4.86. The zero-order chi connectivity index (χ0) is 22.4. The van der Waals surface area contributed by atoms with Crippen molar-refractivity contribution in [1.82, 2.24) is 14.4 Å². The van der Waals surface area contributed by atoms with Crippen LogP contribution in [0.5, 0.6) is 0 Å². The molecule has 5 heteroatoms. The first-order valence-corrected chi connectivity index (χ1v) is 11.1. The van der Waals surface area contributed by atoms with Crippen molar-refractivity contribution in [2.45, 2.75) is 46.2 Å². The van der Waals surface area contributed by atoms with Gasteiger partial charge in [-0.25, -0.2) is 0 Å². The standard InChI is InChI=1S/C26H33N3O2/c1-5-6-17-28(18-22-13-10-16-27(22)4)25(30)19-29(20(2)3)26(31)24-15-9-12-21-11-7-8-14-23(21)24/h7-16,20H,5-6,17-19H2,1-4H3. The van der Waals surface area contributed by atoms with E-state index in [4.69, 9.17) is 0 Å². The van der Waals surface area contributed by atoms with E-state index >= 15 is 0 Å². The van der Waals surface area contributed by atoms with Crippen LogP contribution in [-0.2, 0) is 18.4 Å². The van der Waals surface area contributed by atoms with Gasteiger partial charge in [-0.05, 0) is 49.2 Å². The highest BCUT2D eigenvalue weighted by atomic mass is 16.2. The molecule has 3 rings (SSSR count). The highest BCUT2D eigenvalue weighted by molar-refractivity contribution is 6.07. The Morgan fingerprint density at radius 3 is 2.42 bits per heavy atom. The Balaban J connectivity index is 1.83. The molecular formula is C26H33N3O2. The molecule has 0 aliphatic carbocycles. The normalized spacial score (nSPS) is 11.1. The Bertz CT molecular complexity index is 1030. The molecule has 0 fully saturated rings. The number of rotatable bonds is 9. The van der Waals surface area contributed by atoms with Crippen molar-refractivity contribution in [3.05, 3.63) is 72.1 Å². The first-order valence-electron chi connectivity index (χ1n) is 11.1. The third-order valence-electron chi connectivity index (χ3n) is 5.75. The van der Waals surface area contributed by atoms with E-state index in [1.165, 1.54) is 0 Å². The minimum absolute atomic E-state index is 0.0167. The fraction of sp³-hybridized carbons (Fsp3) is 0.385. The summed E-state index contributed by atoms with van der Waals surface area (Å²) in [6.45, 7) is 7.36. The number of hydrogen-bond acceptors (Lipinski definition) is 2. The van der Waals surface area contributed by atoms with Gasteiger partial charge in [0, 0.05) is 37.1 Å². The summed E-state index contributed by atoms with van der Waals surface area (Å²) in [4.78, 5) is 30.4. The van der Waals surface area contributed by atoms with Gasteiger partial charge < -0.3 is 14.4 Å². The van der Waals surface area contributed by atoms with E-state index in [-0.39, 0.29) is 24.4 Å². The number of nitrogens with zero attached hydrogens (tertiary/aromatic N) is 3. The fourth-order valence-electron chi connectivity index (χ4n) is 3.80. The summed E-state index contributed by atoms with van der Waals surface area (Å²) in [5, 5.41) is 1.94. The van der Waals surface area contributed by atoms with Gasteiger partial charge >= 0.3 is 0 Å². The van der Waals surface area contributed by atoms with Crippen LogP contribution in [0.25, 0.3) is 10.8 Å². The van der Waals surface area contributed by atoms with Crippen LogP contribution in [-0.4, -0.2) is 45.3 Å². The zero-order valence-corrected chi connectivity index (χ0v) is 19.0. The molecule has 0 atom stereocenters. The summed E-state index contributed by atoms with van der Waals surface area (Å²) in [5.74, 6) is -0.119. The molecule has 1 heterocycles. The first kappa shape index (κ1) is 22.6. The Labute approximate surface area is 185 Å². The van der Waals surface area contributed by atoms with Gasteiger partial charge in [-0.3, -0.25) is 9.59 Å². The summed E-state index contributed by atoms with van der Waals surface area (Å²) in [6.07, 6.45) is 3.94. The van der Waals surface area contributed by atoms with Crippen LogP contribution in [0.2, 0.25) is 0 Å². The van der Waals surface area contributed by atoms with Crippen LogP contribution < -0.4 is 0 Å². The van der Waals surface area contributed by atoms with Crippen molar-refractivity contribution >= 4 is 22.6 Å². The summed E-state index contributed by atoms with van der Waals surface area (Å²) in [5.41, 5.74) is 1.73. The van der Waals surface area contributed by atoms with Gasteiger partial charge in [0.25, 0.3) is 5.91 Å². The lowest BCUT2D eigenvalue weighted by molar-refractivity contribution is -0.133. The van der Waals surface area contributed by atoms with Crippen LogP contribution in [0.15, 0.2) is 60.8 Å². The van der Waals surface area contributed by atoms with Crippen LogP contribution in [0.1, 0.15) is 49.7 Å². The van der Waals surface area contributed by atoms with Gasteiger partial charge in [0.05, 0.1) is 6.54 Å². The summed E-state index contributed by atoms with van der Waals surface area (Å²) in [7, 11) is 1.99. The lowest BCUT2D eigenvalue weighted by atomic mass is 10.0. The average Bonchev–Trinajstić information content (AvgIpc) is 3.18. The van der Waals surface area contributed by atoms with E-state index in [1.54, 1.807) is 4.90 Å². The zero-order valence-electron chi connectivity index (χ0n) is 19.0. The Morgan fingerprint density at radius 1 is 1.00 bits per heavy atom. The number of aryl methyl sites for hydroxylation is 1. The average molecular weight is 420 g/mol. The Kier molecular flexibility index (Phi) is 7.50. The van der Waals surface area contributed by atoms with E-state index < -0.39 is 0 Å². The number of aromatic nitrogens is 1. The van der Waals surface area contributed by atoms with Gasteiger partial charge in [0.1, 0.15) is 6.54 Å². The molecule has 0 aliphatic rings. The molecule has 0 bridgehead atoms. The topological polar surface area (TPSA) is 45.6 Å².